The minimum atomic E-state index is -0.434. The van der Waals surface area contributed by atoms with Gasteiger partial charge in [0.15, 0.2) is 0 Å². The van der Waals surface area contributed by atoms with E-state index in [1.54, 1.807) is 19.0 Å². The maximum atomic E-state index is 10.7. The SMILES string of the molecule is C.CC.CNC(=O)CN(C)CC(N)=O. The number of carbonyl (C=O) groups is 2. The Balaban J connectivity index is -0.000000376. The van der Waals surface area contributed by atoms with Crippen molar-refractivity contribution in [3.05, 3.63) is 0 Å². The third-order valence-electron chi connectivity index (χ3n) is 1.12. The first-order valence-electron chi connectivity index (χ1n) is 4.23. The van der Waals surface area contributed by atoms with Crippen molar-refractivity contribution < 1.29 is 9.59 Å². The van der Waals surface area contributed by atoms with Crippen LogP contribution >= 0.6 is 0 Å². The molecular weight excluding hydrogens is 182 g/mol. The van der Waals surface area contributed by atoms with Crippen molar-refractivity contribution in [2.24, 2.45) is 5.73 Å². The zero-order chi connectivity index (χ0) is 10.9. The lowest BCUT2D eigenvalue weighted by Crippen LogP contribution is -2.37. The number of primary amides is 1. The smallest absolute Gasteiger partial charge is 0.233 e. The second kappa shape index (κ2) is 11.9. The van der Waals surface area contributed by atoms with Crippen LogP contribution < -0.4 is 11.1 Å². The number of nitrogens with zero attached hydrogens (tertiary/aromatic N) is 1. The molecule has 0 radical (unpaired) electrons. The number of hydrogen-bond donors (Lipinski definition) is 2. The summed E-state index contributed by atoms with van der Waals surface area (Å²) in [5, 5.41) is 2.44. The summed E-state index contributed by atoms with van der Waals surface area (Å²) in [6.07, 6.45) is 0. The van der Waals surface area contributed by atoms with Crippen LogP contribution in [0.15, 0.2) is 0 Å². The molecule has 0 aliphatic heterocycles. The van der Waals surface area contributed by atoms with Gasteiger partial charge in [-0.15, -0.1) is 0 Å². The van der Waals surface area contributed by atoms with Gasteiger partial charge in [0.05, 0.1) is 13.1 Å². The summed E-state index contributed by atoms with van der Waals surface area (Å²) in [4.78, 5) is 22.6. The predicted molar refractivity (Wildman–Crippen MR) is 58.8 cm³/mol. The van der Waals surface area contributed by atoms with Gasteiger partial charge in [-0.3, -0.25) is 14.5 Å². The number of nitrogens with two attached hydrogens (primary N) is 1. The molecule has 3 N–H and O–H groups in total. The van der Waals surface area contributed by atoms with Crippen LogP contribution in [0.1, 0.15) is 21.3 Å². The van der Waals surface area contributed by atoms with Gasteiger partial charge in [0.1, 0.15) is 0 Å². The van der Waals surface area contributed by atoms with E-state index in [1.807, 2.05) is 13.8 Å². The van der Waals surface area contributed by atoms with Crippen molar-refractivity contribution in [2.45, 2.75) is 21.3 Å². The Morgan fingerprint density at radius 1 is 1.29 bits per heavy atom. The monoisotopic (exact) mass is 205 g/mol. The molecule has 14 heavy (non-hydrogen) atoms. The molecule has 0 aromatic heterocycles. The van der Waals surface area contributed by atoms with Gasteiger partial charge in [-0.1, -0.05) is 21.3 Å². The number of rotatable bonds is 4. The zero-order valence-corrected chi connectivity index (χ0v) is 8.76. The fourth-order valence-corrected chi connectivity index (χ4v) is 0.646. The molecule has 0 fully saturated rings. The van der Waals surface area contributed by atoms with E-state index in [0.29, 0.717) is 0 Å². The molecule has 0 aliphatic rings. The van der Waals surface area contributed by atoms with Crippen molar-refractivity contribution in [3.8, 4) is 0 Å². The normalized spacial score (nSPS) is 8.07. The second-order valence-electron chi connectivity index (χ2n) is 2.31. The first-order chi connectivity index (χ1) is 6.06. The van der Waals surface area contributed by atoms with Crippen LogP contribution in [0.25, 0.3) is 0 Å². The van der Waals surface area contributed by atoms with Crippen LogP contribution in [0, 0.1) is 0 Å². The largest absolute Gasteiger partial charge is 0.369 e. The average Bonchev–Trinajstić information content (AvgIpc) is 2.06. The van der Waals surface area contributed by atoms with Gasteiger partial charge in [0.2, 0.25) is 11.8 Å². The van der Waals surface area contributed by atoms with E-state index in [2.05, 4.69) is 5.32 Å². The summed E-state index contributed by atoms with van der Waals surface area (Å²) in [6, 6.07) is 0. The Hall–Kier alpha value is -1.10. The molecule has 0 aromatic rings. The van der Waals surface area contributed by atoms with E-state index in [-0.39, 0.29) is 26.4 Å². The average molecular weight is 205 g/mol. The Morgan fingerprint density at radius 2 is 1.71 bits per heavy atom. The number of amides is 2. The van der Waals surface area contributed by atoms with Crippen LogP contribution in [-0.2, 0) is 9.59 Å². The fourth-order valence-electron chi connectivity index (χ4n) is 0.646. The summed E-state index contributed by atoms with van der Waals surface area (Å²) in [5.74, 6) is -0.565. The topological polar surface area (TPSA) is 75.4 Å². The van der Waals surface area contributed by atoms with Crippen molar-refractivity contribution in [2.75, 3.05) is 27.2 Å². The van der Waals surface area contributed by atoms with Gasteiger partial charge in [-0.05, 0) is 7.05 Å². The molecule has 2 amide bonds. The second-order valence-corrected chi connectivity index (χ2v) is 2.31. The third kappa shape index (κ3) is 13.5. The molecule has 5 heteroatoms. The Bertz CT molecular complexity index is 160. The van der Waals surface area contributed by atoms with Crippen LogP contribution in [0.5, 0.6) is 0 Å². The van der Waals surface area contributed by atoms with Crippen LogP contribution in [-0.4, -0.2) is 43.9 Å². The van der Waals surface area contributed by atoms with E-state index in [4.69, 9.17) is 5.73 Å². The molecule has 0 heterocycles. The molecular formula is C9H23N3O2. The fraction of sp³-hybridized carbons (Fsp3) is 0.778. The van der Waals surface area contributed by atoms with E-state index in [0.717, 1.165) is 0 Å². The third-order valence-corrected chi connectivity index (χ3v) is 1.12. The highest BCUT2D eigenvalue weighted by Gasteiger charge is 2.05. The molecule has 0 aliphatic carbocycles. The van der Waals surface area contributed by atoms with E-state index < -0.39 is 5.91 Å². The number of hydrogen-bond acceptors (Lipinski definition) is 3. The molecule has 86 valence electrons. The molecule has 0 atom stereocenters. The molecule has 0 bridgehead atoms. The van der Waals surface area contributed by atoms with E-state index >= 15 is 0 Å². The number of likely N-dealkylation sites (N-methyl/N-ethyl adjacent to an activating group) is 2. The standard InChI is InChI=1S/C6H13N3O2.C2H6.CH4/c1-8-6(11)4-9(2)3-5(7)10;1-2;/h3-4H2,1-2H3,(H2,7,10)(H,8,11);1-2H3;1H4. The van der Waals surface area contributed by atoms with Gasteiger partial charge in [0, 0.05) is 7.05 Å². The number of carbonyl (C=O) groups excluding carboxylic acids is 2. The molecule has 0 spiro atoms. The lowest BCUT2D eigenvalue weighted by atomic mass is 10.5. The summed E-state index contributed by atoms with van der Waals surface area (Å²) < 4.78 is 0. The van der Waals surface area contributed by atoms with Crippen LogP contribution in [0.3, 0.4) is 0 Å². The van der Waals surface area contributed by atoms with Crippen molar-refractivity contribution in [1.82, 2.24) is 10.2 Å². The molecule has 5 nitrogen and oxygen atoms in total. The highest BCUT2D eigenvalue weighted by atomic mass is 16.2. The first-order valence-corrected chi connectivity index (χ1v) is 4.23. The summed E-state index contributed by atoms with van der Waals surface area (Å²) in [7, 11) is 3.19. The highest BCUT2D eigenvalue weighted by Crippen LogP contribution is 1.79. The van der Waals surface area contributed by atoms with Gasteiger partial charge in [0.25, 0.3) is 0 Å². The minimum Gasteiger partial charge on any atom is -0.369 e. The van der Waals surface area contributed by atoms with E-state index in [1.165, 1.54) is 0 Å². The maximum absolute atomic E-state index is 10.7. The molecule has 0 unspecified atom stereocenters. The Labute approximate surface area is 86.6 Å². The molecule has 0 saturated heterocycles. The van der Waals surface area contributed by atoms with Gasteiger partial charge in [-0.25, -0.2) is 0 Å². The predicted octanol–water partition coefficient (Wildman–Crippen LogP) is -0.188. The van der Waals surface area contributed by atoms with Crippen molar-refractivity contribution in [3.63, 3.8) is 0 Å². The van der Waals surface area contributed by atoms with Crippen molar-refractivity contribution >= 4 is 11.8 Å². The summed E-state index contributed by atoms with van der Waals surface area (Å²) in [6.45, 7) is 4.30. The van der Waals surface area contributed by atoms with Gasteiger partial charge < -0.3 is 11.1 Å². The Morgan fingerprint density at radius 3 is 2.00 bits per heavy atom. The van der Waals surface area contributed by atoms with E-state index in [9.17, 15) is 9.59 Å². The highest BCUT2D eigenvalue weighted by molar-refractivity contribution is 5.79. The lowest BCUT2D eigenvalue weighted by Gasteiger charge is -2.12. The van der Waals surface area contributed by atoms with Crippen molar-refractivity contribution in [1.29, 1.82) is 0 Å². The molecule has 0 aromatic carbocycles. The first kappa shape index (κ1) is 18.6. The van der Waals surface area contributed by atoms with Crippen LogP contribution in [0.2, 0.25) is 0 Å². The molecule has 0 rings (SSSR count). The van der Waals surface area contributed by atoms with Gasteiger partial charge >= 0.3 is 0 Å². The Kier molecular flexibility index (Phi) is 15.8. The number of nitrogens with one attached hydrogen (secondary N) is 1. The quantitative estimate of drug-likeness (QED) is 0.668. The summed E-state index contributed by atoms with van der Waals surface area (Å²) >= 11 is 0. The maximum Gasteiger partial charge on any atom is 0.233 e. The minimum absolute atomic E-state index is 0. The lowest BCUT2D eigenvalue weighted by molar-refractivity contribution is -0.123. The van der Waals surface area contributed by atoms with Crippen LogP contribution in [0.4, 0.5) is 0 Å². The van der Waals surface area contributed by atoms with Gasteiger partial charge in [-0.2, -0.15) is 0 Å². The zero-order valence-electron chi connectivity index (χ0n) is 8.76. The molecule has 0 saturated carbocycles. The summed E-state index contributed by atoms with van der Waals surface area (Å²) in [5.41, 5.74) is 4.90.